The van der Waals surface area contributed by atoms with Crippen molar-refractivity contribution in [1.82, 2.24) is 9.80 Å². The second-order valence-electron chi connectivity index (χ2n) is 5.82. The molecule has 3 rings (SSSR count). The Labute approximate surface area is 141 Å². The highest BCUT2D eigenvalue weighted by molar-refractivity contribution is 5.97. The average molecular weight is 324 g/mol. The van der Waals surface area contributed by atoms with Crippen LogP contribution in [0.1, 0.15) is 27.1 Å². The zero-order valence-electron chi connectivity index (χ0n) is 13.4. The fourth-order valence-corrected chi connectivity index (χ4v) is 2.91. The number of hydrogen-bond donors (Lipinski definition) is 1. The maximum absolute atomic E-state index is 12.6. The smallest absolute Gasteiger partial charge is 0.257 e. The number of carbonyl (C=O) groups is 2. The van der Waals surface area contributed by atoms with Crippen molar-refractivity contribution in [2.75, 3.05) is 26.2 Å². The molecule has 0 spiro atoms. The van der Waals surface area contributed by atoms with Gasteiger partial charge in [-0.1, -0.05) is 30.3 Å². The van der Waals surface area contributed by atoms with E-state index in [0.29, 0.717) is 37.3 Å². The first-order valence-electron chi connectivity index (χ1n) is 8.08. The number of phenolic OH excluding ortho intramolecular Hbond substituents is 1. The largest absolute Gasteiger partial charge is 0.507 e. The highest BCUT2D eigenvalue weighted by Crippen LogP contribution is 2.19. The normalized spacial score (nSPS) is 15.0. The zero-order valence-corrected chi connectivity index (χ0v) is 13.4. The van der Waals surface area contributed by atoms with Gasteiger partial charge in [0.15, 0.2) is 0 Å². The van der Waals surface area contributed by atoms with E-state index in [1.807, 2.05) is 18.2 Å². The molecule has 1 fully saturated rings. The van der Waals surface area contributed by atoms with Crippen molar-refractivity contribution in [3.63, 3.8) is 0 Å². The molecular formula is C19H20N2O3. The van der Waals surface area contributed by atoms with Gasteiger partial charge in [-0.25, -0.2) is 0 Å². The Morgan fingerprint density at radius 2 is 1.33 bits per heavy atom. The van der Waals surface area contributed by atoms with Gasteiger partial charge < -0.3 is 14.9 Å². The summed E-state index contributed by atoms with van der Waals surface area (Å²) in [6, 6.07) is 15.7. The van der Waals surface area contributed by atoms with Crippen molar-refractivity contribution in [3.05, 3.63) is 65.7 Å². The summed E-state index contributed by atoms with van der Waals surface area (Å²) in [5.74, 6) is -0.210. The van der Waals surface area contributed by atoms with Crippen LogP contribution in [0.2, 0.25) is 0 Å². The van der Waals surface area contributed by atoms with Gasteiger partial charge in [-0.3, -0.25) is 9.59 Å². The highest BCUT2D eigenvalue weighted by Gasteiger charge is 2.24. The summed E-state index contributed by atoms with van der Waals surface area (Å²) in [5.41, 5.74) is 0.971. The van der Waals surface area contributed by atoms with Crippen LogP contribution in [0.25, 0.3) is 0 Å². The molecule has 5 heteroatoms. The van der Waals surface area contributed by atoms with E-state index in [2.05, 4.69) is 0 Å². The molecule has 124 valence electrons. The SMILES string of the molecule is O=C(c1ccccc1)N1CCCN(C(=O)c2ccccc2O)CC1. The summed E-state index contributed by atoms with van der Waals surface area (Å²) in [4.78, 5) is 28.6. The topological polar surface area (TPSA) is 60.9 Å². The molecule has 0 unspecified atom stereocenters. The van der Waals surface area contributed by atoms with E-state index < -0.39 is 0 Å². The summed E-state index contributed by atoms with van der Waals surface area (Å²) in [6.07, 6.45) is 0.720. The Kier molecular flexibility index (Phi) is 4.79. The van der Waals surface area contributed by atoms with Gasteiger partial charge in [-0.05, 0) is 30.7 Å². The molecule has 1 saturated heterocycles. The lowest BCUT2D eigenvalue weighted by molar-refractivity contribution is 0.0717. The maximum Gasteiger partial charge on any atom is 0.257 e. The minimum Gasteiger partial charge on any atom is -0.507 e. The van der Waals surface area contributed by atoms with Crippen molar-refractivity contribution in [3.8, 4) is 5.75 Å². The molecule has 2 amide bonds. The van der Waals surface area contributed by atoms with Gasteiger partial charge in [0.2, 0.25) is 0 Å². The molecule has 1 aliphatic heterocycles. The molecule has 1 aliphatic rings. The summed E-state index contributed by atoms with van der Waals surface area (Å²) in [5, 5.41) is 9.86. The lowest BCUT2D eigenvalue weighted by atomic mass is 10.1. The van der Waals surface area contributed by atoms with Crippen LogP contribution in [0.15, 0.2) is 54.6 Å². The number of para-hydroxylation sites is 1. The van der Waals surface area contributed by atoms with Crippen LogP contribution in [0.3, 0.4) is 0 Å². The molecule has 24 heavy (non-hydrogen) atoms. The van der Waals surface area contributed by atoms with E-state index in [1.54, 1.807) is 40.1 Å². The third-order valence-electron chi connectivity index (χ3n) is 4.23. The molecule has 0 aliphatic carbocycles. The lowest BCUT2D eigenvalue weighted by Crippen LogP contribution is -2.37. The van der Waals surface area contributed by atoms with E-state index in [4.69, 9.17) is 0 Å². The number of amides is 2. The molecule has 0 saturated carbocycles. The number of benzene rings is 2. The standard InChI is InChI=1S/C19H20N2O3/c22-17-10-5-4-9-16(17)19(24)21-12-6-11-20(13-14-21)18(23)15-7-2-1-3-8-15/h1-5,7-10,22H,6,11-14H2. The van der Waals surface area contributed by atoms with Crippen LogP contribution in [-0.2, 0) is 0 Å². The second kappa shape index (κ2) is 7.17. The van der Waals surface area contributed by atoms with Gasteiger partial charge >= 0.3 is 0 Å². The fourth-order valence-electron chi connectivity index (χ4n) is 2.91. The van der Waals surface area contributed by atoms with Gasteiger partial charge in [0, 0.05) is 31.7 Å². The third kappa shape index (κ3) is 3.40. The molecule has 2 aromatic rings. The number of rotatable bonds is 2. The third-order valence-corrected chi connectivity index (χ3v) is 4.23. The van der Waals surface area contributed by atoms with Crippen molar-refractivity contribution in [1.29, 1.82) is 0 Å². The van der Waals surface area contributed by atoms with Crippen molar-refractivity contribution < 1.29 is 14.7 Å². The van der Waals surface area contributed by atoms with Crippen LogP contribution in [-0.4, -0.2) is 52.9 Å². The van der Waals surface area contributed by atoms with Crippen molar-refractivity contribution in [2.24, 2.45) is 0 Å². The lowest BCUT2D eigenvalue weighted by Gasteiger charge is -2.22. The van der Waals surface area contributed by atoms with E-state index >= 15 is 0 Å². The number of carbonyl (C=O) groups excluding carboxylic acids is 2. The maximum atomic E-state index is 12.6. The molecule has 1 heterocycles. The summed E-state index contributed by atoms with van der Waals surface area (Å²) in [7, 11) is 0. The quantitative estimate of drug-likeness (QED) is 0.922. The Hall–Kier alpha value is -2.82. The number of hydrogen-bond acceptors (Lipinski definition) is 3. The molecule has 0 radical (unpaired) electrons. The first-order valence-corrected chi connectivity index (χ1v) is 8.08. The van der Waals surface area contributed by atoms with Crippen molar-refractivity contribution in [2.45, 2.75) is 6.42 Å². The van der Waals surface area contributed by atoms with Crippen molar-refractivity contribution >= 4 is 11.8 Å². The van der Waals surface area contributed by atoms with Gasteiger partial charge in [-0.2, -0.15) is 0 Å². The van der Waals surface area contributed by atoms with Crippen LogP contribution < -0.4 is 0 Å². The Morgan fingerprint density at radius 3 is 2.00 bits per heavy atom. The Bertz CT molecular complexity index is 730. The van der Waals surface area contributed by atoms with Crippen LogP contribution in [0.4, 0.5) is 0 Å². The number of phenols is 1. The molecule has 5 nitrogen and oxygen atoms in total. The van der Waals surface area contributed by atoms with Gasteiger partial charge in [-0.15, -0.1) is 0 Å². The predicted molar refractivity (Wildman–Crippen MR) is 91.0 cm³/mol. The van der Waals surface area contributed by atoms with Crippen LogP contribution in [0, 0.1) is 0 Å². The molecule has 0 atom stereocenters. The highest BCUT2D eigenvalue weighted by atomic mass is 16.3. The molecule has 0 bridgehead atoms. The summed E-state index contributed by atoms with van der Waals surface area (Å²) < 4.78 is 0. The van der Waals surface area contributed by atoms with E-state index in [9.17, 15) is 14.7 Å². The second-order valence-corrected chi connectivity index (χ2v) is 5.82. The molecule has 2 aromatic carbocycles. The van der Waals surface area contributed by atoms with Crippen LogP contribution >= 0.6 is 0 Å². The number of nitrogens with zero attached hydrogens (tertiary/aromatic N) is 2. The Morgan fingerprint density at radius 1 is 0.750 bits per heavy atom. The molecule has 0 aromatic heterocycles. The minimum atomic E-state index is -0.192. The summed E-state index contributed by atoms with van der Waals surface area (Å²) >= 11 is 0. The molecular weight excluding hydrogens is 304 g/mol. The summed E-state index contributed by atoms with van der Waals surface area (Å²) in [6.45, 7) is 2.16. The Balaban J connectivity index is 1.68. The van der Waals surface area contributed by atoms with Gasteiger partial charge in [0.05, 0.1) is 5.56 Å². The zero-order chi connectivity index (χ0) is 16.9. The van der Waals surface area contributed by atoms with Crippen LogP contribution in [0.5, 0.6) is 5.75 Å². The van der Waals surface area contributed by atoms with E-state index in [1.165, 1.54) is 6.07 Å². The number of aromatic hydroxyl groups is 1. The van der Waals surface area contributed by atoms with E-state index in [-0.39, 0.29) is 17.6 Å². The average Bonchev–Trinajstić information content (AvgIpc) is 2.88. The monoisotopic (exact) mass is 324 g/mol. The fraction of sp³-hybridized carbons (Fsp3) is 0.263. The predicted octanol–water partition coefficient (Wildman–Crippen LogP) is 2.38. The van der Waals surface area contributed by atoms with Gasteiger partial charge in [0.1, 0.15) is 5.75 Å². The minimum absolute atomic E-state index is 0.00698. The first kappa shape index (κ1) is 16.1. The van der Waals surface area contributed by atoms with Gasteiger partial charge in [0.25, 0.3) is 11.8 Å². The van der Waals surface area contributed by atoms with E-state index in [0.717, 1.165) is 6.42 Å². The first-order chi connectivity index (χ1) is 11.7. The molecule has 1 N–H and O–H groups in total.